The molecule has 0 aliphatic carbocycles. The van der Waals surface area contributed by atoms with Crippen molar-refractivity contribution in [1.29, 1.82) is 0 Å². The van der Waals surface area contributed by atoms with Gasteiger partial charge >= 0.3 is 5.97 Å². The summed E-state index contributed by atoms with van der Waals surface area (Å²) in [6.45, 7) is 7.45. The molecule has 0 fully saturated rings. The van der Waals surface area contributed by atoms with Crippen molar-refractivity contribution >= 4 is 42.2 Å². The van der Waals surface area contributed by atoms with E-state index >= 15 is 0 Å². The fourth-order valence-corrected chi connectivity index (χ4v) is 2.96. The van der Waals surface area contributed by atoms with Gasteiger partial charge < -0.3 is 32.5 Å². The lowest BCUT2D eigenvalue weighted by Crippen LogP contribution is -2.59. The van der Waals surface area contributed by atoms with E-state index < -0.39 is 60.2 Å². The zero-order chi connectivity index (χ0) is 24.3. The second-order valence-electron chi connectivity index (χ2n) is 7.92. The molecule has 31 heavy (non-hydrogen) atoms. The van der Waals surface area contributed by atoms with E-state index in [1.807, 2.05) is 20.8 Å². The van der Waals surface area contributed by atoms with E-state index in [-0.39, 0.29) is 17.6 Å². The Labute approximate surface area is 187 Å². The third-order valence-electron chi connectivity index (χ3n) is 4.69. The first kappa shape index (κ1) is 28.7. The van der Waals surface area contributed by atoms with Crippen LogP contribution in [0.5, 0.6) is 0 Å². The van der Waals surface area contributed by atoms with Crippen molar-refractivity contribution in [3.05, 3.63) is 0 Å². The number of primary amides is 1. The summed E-state index contributed by atoms with van der Waals surface area (Å²) in [7, 11) is 0. The molecule has 0 bridgehead atoms. The first-order valence-corrected chi connectivity index (χ1v) is 10.8. The Morgan fingerprint density at radius 1 is 0.935 bits per heavy atom. The Morgan fingerprint density at radius 3 is 1.90 bits per heavy atom. The number of thiol groups is 1. The molecule has 5 unspecified atom stereocenters. The molecule has 0 saturated heterocycles. The van der Waals surface area contributed by atoms with Gasteiger partial charge in [0.15, 0.2) is 0 Å². The van der Waals surface area contributed by atoms with Crippen LogP contribution >= 0.6 is 12.6 Å². The molecule has 8 N–H and O–H groups in total. The lowest BCUT2D eigenvalue weighted by atomic mass is 9.96. The average Bonchev–Trinajstić information content (AvgIpc) is 2.67. The molecule has 0 aromatic heterocycles. The van der Waals surface area contributed by atoms with Gasteiger partial charge in [0.05, 0.1) is 12.5 Å². The van der Waals surface area contributed by atoms with Crippen LogP contribution in [0, 0.1) is 11.8 Å². The number of nitrogens with two attached hydrogens (primary N) is 2. The first-order valence-electron chi connectivity index (χ1n) is 10.1. The predicted molar refractivity (Wildman–Crippen MR) is 118 cm³/mol. The third kappa shape index (κ3) is 10.5. The number of carbonyl (C=O) groups is 5. The van der Waals surface area contributed by atoms with Gasteiger partial charge in [-0.3, -0.25) is 19.2 Å². The second-order valence-corrected chi connectivity index (χ2v) is 8.29. The minimum Gasteiger partial charge on any atom is -0.480 e. The highest BCUT2D eigenvalue weighted by Crippen LogP contribution is 2.10. The number of carboxylic acids is 1. The number of hydrogen-bond donors (Lipinski definition) is 7. The van der Waals surface area contributed by atoms with Gasteiger partial charge in [-0.15, -0.1) is 0 Å². The molecular weight excluding hydrogens is 426 g/mol. The van der Waals surface area contributed by atoms with Crippen LogP contribution in [-0.2, 0) is 24.0 Å². The minimum absolute atomic E-state index is 0.144. The molecule has 0 rings (SSSR count). The Kier molecular flexibility index (Phi) is 12.8. The summed E-state index contributed by atoms with van der Waals surface area (Å²) >= 11 is 4.03. The van der Waals surface area contributed by atoms with Gasteiger partial charge in [-0.25, -0.2) is 4.79 Å². The van der Waals surface area contributed by atoms with Crippen LogP contribution in [0.1, 0.15) is 47.0 Å². The van der Waals surface area contributed by atoms with Crippen molar-refractivity contribution in [3.63, 3.8) is 0 Å². The standard InChI is InChI=1S/C19H35N5O6S/c1-5-10(4)15(24-16(26)11(20)6-9(2)3)18(28)23-13(8-31)17(27)22-12(19(29)30)7-14(21)25/h9-13,15,31H,5-8,20H2,1-4H3,(H2,21,25)(H,22,27)(H,23,28)(H,24,26)(H,29,30). The van der Waals surface area contributed by atoms with E-state index in [0.717, 1.165) is 0 Å². The highest BCUT2D eigenvalue weighted by atomic mass is 32.1. The zero-order valence-corrected chi connectivity index (χ0v) is 19.3. The second kappa shape index (κ2) is 13.9. The first-order chi connectivity index (χ1) is 14.3. The van der Waals surface area contributed by atoms with Crippen LogP contribution in [0.4, 0.5) is 0 Å². The van der Waals surface area contributed by atoms with Crippen molar-refractivity contribution in [3.8, 4) is 0 Å². The maximum Gasteiger partial charge on any atom is 0.326 e. The smallest absolute Gasteiger partial charge is 0.326 e. The van der Waals surface area contributed by atoms with E-state index in [4.69, 9.17) is 16.6 Å². The van der Waals surface area contributed by atoms with Crippen molar-refractivity contribution in [2.75, 3.05) is 5.75 Å². The number of carboxylic acid groups (broad SMARTS) is 1. The zero-order valence-electron chi connectivity index (χ0n) is 18.4. The molecule has 0 radical (unpaired) electrons. The summed E-state index contributed by atoms with van der Waals surface area (Å²) < 4.78 is 0. The molecule has 11 nitrogen and oxygen atoms in total. The molecule has 0 spiro atoms. The number of carbonyl (C=O) groups excluding carboxylic acids is 4. The Balaban J connectivity index is 5.30. The molecule has 0 aliphatic rings. The van der Waals surface area contributed by atoms with Crippen LogP contribution in [-0.4, -0.2) is 64.6 Å². The normalized spacial score (nSPS) is 15.8. The van der Waals surface area contributed by atoms with Gasteiger partial charge in [-0.05, 0) is 18.3 Å². The fraction of sp³-hybridized carbons (Fsp3) is 0.737. The molecule has 0 aromatic carbocycles. The van der Waals surface area contributed by atoms with Crippen LogP contribution in [0.2, 0.25) is 0 Å². The van der Waals surface area contributed by atoms with E-state index in [9.17, 15) is 24.0 Å². The highest BCUT2D eigenvalue weighted by Gasteiger charge is 2.32. The predicted octanol–water partition coefficient (Wildman–Crippen LogP) is -1.25. The molecule has 5 atom stereocenters. The highest BCUT2D eigenvalue weighted by molar-refractivity contribution is 7.80. The number of nitrogens with one attached hydrogen (secondary N) is 3. The van der Waals surface area contributed by atoms with Crippen molar-refractivity contribution in [2.24, 2.45) is 23.3 Å². The van der Waals surface area contributed by atoms with Crippen LogP contribution in [0.25, 0.3) is 0 Å². The van der Waals surface area contributed by atoms with E-state index in [2.05, 4.69) is 28.6 Å². The van der Waals surface area contributed by atoms with Gasteiger partial charge in [-0.1, -0.05) is 34.1 Å². The number of hydrogen-bond acceptors (Lipinski definition) is 7. The van der Waals surface area contributed by atoms with Crippen LogP contribution in [0.15, 0.2) is 0 Å². The summed E-state index contributed by atoms with van der Waals surface area (Å²) in [5.41, 5.74) is 10.9. The summed E-state index contributed by atoms with van der Waals surface area (Å²) in [4.78, 5) is 59.9. The van der Waals surface area contributed by atoms with Gasteiger partial charge in [-0.2, -0.15) is 12.6 Å². The summed E-state index contributed by atoms with van der Waals surface area (Å²) in [6, 6.07) is -4.47. The summed E-state index contributed by atoms with van der Waals surface area (Å²) in [5.74, 6) is -4.52. The van der Waals surface area contributed by atoms with Gasteiger partial charge in [0, 0.05) is 5.75 Å². The maximum atomic E-state index is 12.8. The topological polar surface area (TPSA) is 194 Å². The lowest BCUT2D eigenvalue weighted by Gasteiger charge is -2.27. The molecule has 0 aliphatic heterocycles. The third-order valence-corrected chi connectivity index (χ3v) is 5.06. The van der Waals surface area contributed by atoms with E-state index in [1.165, 1.54) is 0 Å². The number of aliphatic carboxylic acids is 1. The molecule has 0 heterocycles. The van der Waals surface area contributed by atoms with E-state index in [0.29, 0.717) is 12.8 Å². The lowest BCUT2D eigenvalue weighted by molar-refractivity contribution is -0.143. The van der Waals surface area contributed by atoms with Crippen molar-refractivity contribution < 1.29 is 29.1 Å². The Morgan fingerprint density at radius 2 is 1.48 bits per heavy atom. The molecule has 0 saturated carbocycles. The van der Waals surface area contributed by atoms with Crippen LogP contribution in [0.3, 0.4) is 0 Å². The Hall–Kier alpha value is -2.34. The number of amides is 4. The molecule has 0 aromatic rings. The van der Waals surface area contributed by atoms with Gasteiger partial charge in [0.2, 0.25) is 23.6 Å². The van der Waals surface area contributed by atoms with Gasteiger partial charge in [0.1, 0.15) is 18.1 Å². The largest absolute Gasteiger partial charge is 0.480 e. The fourth-order valence-electron chi connectivity index (χ4n) is 2.71. The summed E-state index contributed by atoms with van der Waals surface area (Å²) in [5, 5.41) is 16.4. The number of rotatable bonds is 14. The molecular formula is C19H35N5O6S. The maximum absolute atomic E-state index is 12.8. The van der Waals surface area contributed by atoms with Crippen LogP contribution < -0.4 is 27.4 Å². The summed E-state index contributed by atoms with van der Waals surface area (Å²) in [6.07, 6.45) is 0.404. The van der Waals surface area contributed by atoms with Crippen molar-refractivity contribution in [2.45, 2.75) is 71.1 Å². The Bertz CT molecular complexity index is 660. The molecule has 12 heteroatoms. The molecule has 4 amide bonds. The molecule has 178 valence electrons. The SMILES string of the molecule is CCC(C)C(NC(=O)C(N)CC(C)C)C(=O)NC(CS)C(=O)NC(CC(N)=O)C(=O)O. The van der Waals surface area contributed by atoms with Gasteiger partial charge in [0.25, 0.3) is 0 Å². The van der Waals surface area contributed by atoms with E-state index in [1.54, 1.807) is 6.92 Å². The van der Waals surface area contributed by atoms with Crippen molar-refractivity contribution in [1.82, 2.24) is 16.0 Å². The monoisotopic (exact) mass is 461 g/mol. The average molecular weight is 462 g/mol. The minimum atomic E-state index is -1.54. The quantitative estimate of drug-likeness (QED) is 0.157.